The fourth-order valence-electron chi connectivity index (χ4n) is 4.16. The Labute approximate surface area is 150 Å². The van der Waals surface area contributed by atoms with Crippen molar-refractivity contribution >= 4 is 11.8 Å². The molecule has 0 aliphatic carbocycles. The first-order valence-electron chi connectivity index (χ1n) is 9.81. The smallest absolute Gasteiger partial charge is 0.322 e. The minimum Gasteiger partial charge on any atom is -0.381 e. The second-order valence-electron chi connectivity index (χ2n) is 7.61. The van der Waals surface area contributed by atoms with E-state index in [1.807, 2.05) is 15.6 Å². The van der Waals surface area contributed by atoms with Crippen LogP contribution in [0.25, 0.3) is 0 Å². The van der Waals surface area contributed by atoms with Crippen molar-refractivity contribution in [3.8, 4) is 0 Å². The normalized spacial score (nSPS) is 23.4. The van der Waals surface area contributed by atoms with E-state index in [2.05, 4.69) is 24.3 Å². The van der Waals surface area contributed by atoms with Crippen LogP contribution in [0.1, 0.15) is 52.4 Å². The van der Waals surface area contributed by atoms with Gasteiger partial charge in [-0.15, -0.1) is 0 Å². The van der Waals surface area contributed by atoms with Crippen molar-refractivity contribution in [1.82, 2.24) is 14.7 Å². The van der Waals surface area contributed by atoms with Gasteiger partial charge in [-0.2, -0.15) is 5.10 Å². The molecule has 2 fully saturated rings. The molecule has 2 saturated heterocycles. The maximum Gasteiger partial charge on any atom is 0.322 e. The quantitative estimate of drug-likeness (QED) is 0.882. The van der Waals surface area contributed by atoms with Gasteiger partial charge in [-0.05, 0) is 31.1 Å². The average molecular weight is 348 g/mol. The predicted molar refractivity (Wildman–Crippen MR) is 98.6 cm³/mol. The summed E-state index contributed by atoms with van der Waals surface area (Å²) < 4.78 is 7.34. The first-order valence-corrected chi connectivity index (χ1v) is 9.81. The summed E-state index contributed by atoms with van der Waals surface area (Å²) in [5, 5.41) is 7.45. The van der Waals surface area contributed by atoms with Crippen LogP contribution in [0.4, 0.5) is 10.6 Å². The van der Waals surface area contributed by atoms with E-state index in [0.717, 1.165) is 57.9 Å². The van der Waals surface area contributed by atoms with Gasteiger partial charge in [0.1, 0.15) is 5.82 Å². The Kier molecular flexibility index (Phi) is 5.99. The first-order chi connectivity index (χ1) is 12.2. The summed E-state index contributed by atoms with van der Waals surface area (Å²) in [4.78, 5) is 14.7. The number of nitrogens with zero attached hydrogens (tertiary/aromatic N) is 3. The maximum absolute atomic E-state index is 12.7. The summed E-state index contributed by atoms with van der Waals surface area (Å²) >= 11 is 0. The van der Waals surface area contributed by atoms with Gasteiger partial charge in [0.2, 0.25) is 0 Å². The molecule has 6 nitrogen and oxygen atoms in total. The summed E-state index contributed by atoms with van der Waals surface area (Å²) in [6.07, 6.45) is 8.65. The van der Waals surface area contributed by atoms with Crippen molar-refractivity contribution < 1.29 is 9.53 Å². The zero-order valence-electron chi connectivity index (χ0n) is 15.7. The molecule has 0 saturated carbocycles. The van der Waals surface area contributed by atoms with Crippen LogP contribution in [0.5, 0.6) is 0 Å². The summed E-state index contributed by atoms with van der Waals surface area (Å²) in [5.41, 5.74) is 0.416. The molecule has 2 aliphatic heterocycles. The lowest BCUT2D eigenvalue weighted by atomic mass is 9.76. The molecule has 1 aromatic rings. The Bertz CT molecular complexity index is 562. The molecule has 1 N–H and O–H groups in total. The minimum atomic E-state index is 0.00688. The van der Waals surface area contributed by atoms with Crippen LogP contribution in [-0.2, 0) is 11.3 Å². The topological polar surface area (TPSA) is 59.4 Å². The van der Waals surface area contributed by atoms with Gasteiger partial charge < -0.3 is 9.64 Å². The van der Waals surface area contributed by atoms with Gasteiger partial charge in [0, 0.05) is 38.2 Å². The highest BCUT2D eigenvalue weighted by atomic mass is 16.5. The van der Waals surface area contributed by atoms with Gasteiger partial charge in [0.05, 0.1) is 12.8 Å². The zero-order valence-corrected chi connectivity index (χ0v) is 15.7. The Morgan fingerprint density at radius 2 is 2.20 bits per heavy atom. The molecule has 1 unspecified atom stereocenters. The van der Waals surface area contributed by atoms with E-state index < -0.39 is 0 Å². The van der Waals surface area contributed by atoms with E-state index in [0.29, 0.717) is 11.3 Å². The second-order valence-corrected chi connectivity index (χ2v) is 7.61. The number of carbonyl (C=O) groups is 1. The van der Waals surface area contributed by atoms with Crippen LogP contribution >= 0.6 is 0 Å². The van der Waals surface area contributed by atoms with Crippen LogP contribution in [-0.4, -0.2) is 47.0 Å². The van der Waals surface area contributed by atoms with Gasteiger partial charge >= 0.3 is 6.03 Å². The lowest BCUT2D eigenvalue weighted by Gasteiger charge is -2.30. The van der Waals surface area contributed by atoms with Gasteiger partial charge in [0.25, 0.3) is 0 Å². The summed E-state index contributed by atoms with van der Waals surface area (Å²) in [7, 11) is 0. The average Bonchev–Trinajstić information content (AvgIpc) is 3.23. The van der Waals surface area contributed by atoms with E-state index in [4.69, 9.17) is 4.74 Å². The Hall–Kier alpha value is -1.56. The molecule has 0 bridgehead atoms. The van der Waals surface area contributed by atoms with E-state index in [-0.39, 0.29) is 6.03 Å². The van der Waals surface area contributed by atoms with Crippen molar-refractivity contribution in [2.45, 2.75) is 58.9 Å². The van der Waals surface area contributed by atoms with Crippen molar-refractivity contribution in [2.24, 2.45) is 11.3 Å². The summed E-state index contributed by atoms with van der Waals surface area (Å²) in [6, 6.07) is 1.89. The highest BCUT2D eigenvalue weighted by Gasteiger charge is 2.30. The third-order valence-corrected chi connectivity index (χ3v) is 6.24. The molecule has 140 valence electrons. The predicted octanol–water partition coefficient (Wildman–Crippen LogP) is 3.74. The number of carbonyl (C=O) groups excluding carboxylic acids is 1. The summed E-state index contributed by atoms with van der Waals surface area (Å²) in [5.74, 6) is 1.28. The van der Waals surface area contributed by atoms with Crippen molar-refractivity contribution in [1.29, 1.82) is 0 Å². The molecular formula is C19H32N4O2. The number of hydrogen-bond donors (Lipinski definition) is 1. The van der Waals surface area contributed by atoms with Crippen LogP contribution in [0, 0.1) is 11.3 Å². The number of nitrogens with one attached hydrogen (secondary N) is 1. The van der Waals surface area contributed by atoms with Crippen LogP contribution in [0.3, 0.4) is 0 Å². The van der Waals surface area contributed by atoms with Gasteiger partial charge in [-0.1, -0.05) is 26.7 Å². The number of aromatic nitrogens is 2. The molecule has 1 atom stereocenters. The van der Waals surface area contributed by atoms with Crippen molar-refractivity contribution in [3.63, 3.8) is 0 Å². The zero-order chi connectivity index (χ0) is 17.7. The maximum atomic E-state index is 12.7. The highest BCUT2D eigenvalue weighted by Crippen LogP contribution is 2.37. The highest BCUT2D eigenvalue weighted by molar-refractivity contribution is 5.88. The number of amides is 2. The molecule has 1 aromatic heterocycles. The molecule has 0 aromatic carbocycles. The van der Waals surface area contributed by atoms with E-state index >= 15 is 0 Å². The molecule has 3 heterocycles. The van der Waals surface area contributed by atoms with E-state index in [1.165, 1.54) is 19.3 Å². The molecule has 2 amide bonds. The van der Waals surface area contributed by atoms with Gasteiger partial charge in [-0.25, -0.2) is 9.48 Å². The van der Waals surface area contributed by atoms with Crippen molar-refractivity contribution in [2.75, 3.05) is 31.6 Å². The molecule has 0 radical (unpaired) electrons. The minimum absolute atomic E-state index is 0.00688. The van der Waals surface area contributed by atoms with Crippen LogP contribution in [0.2, 0.25) is 0 Å². The lowest BCUT2D eigenvalue weighted by molar-refractivity contribution is 0.181. The van der Waals surface area contributed by atoms with E-state index in [9.17, 15) is 4.79 Å². The largest absolute Gasteiger partial charge is 0.381 e. The molecular weight excluding hydrogens is 316 g/mol. The Morgan fingerprint density at radius 3 is 2.92 bits per heavy atom. The Morgan fingerprint density at radius 1 is 1.36 bits per heavy atom. The van der Waals surface area contributed by atoms with Crippen LogP contribution < -0.4 is 5.32 Å². The number of rotatable bonds is 5. The Balaban J connectivity index is 1.58. The van der Waals surface area contributed by atoms with Gasteiger partial charge in [-0.3, -0.25) is 5.32 Å². The van der Waals surface area contributed by atoms with Gasteiger partial charge in [0.15, 0.2) is 0 Å². The summed E-state index contributed by atoms with van der Waals surface area (Å²) in [6.45, 7) is 8.68. The molecule has 2 aliphatic rings. The standard InChI is InChI=1S/C19H32N4O2/c1-3-19(4-2)8-5-11-22(12-9-19)18(24)21-17-6-10-20-23(17)14-16-7-13-25-15-16/h6,10,16H,3-5,7-9,11-15H2,1-2H3,(H,21,24). The SMILES string of the molecule is CCC1(CC)CCCN(C(=O)Nc2ccnn2CC2CCOC2)CC1. The molecule has 25 heavy (non-hydrogen) atoms. The number of likely N-dealkylation sites (tertiary alicyclic amines) is 1. The second kappa shape index (κ2) is 8.21. The molecule has 0 spiro atoms. The molecule has 3 rings (SSSR count). The third kappa shape index (κ3) is 4.35. The first kappa shape index (κ1) is 18.2. The molecule has 6 heteroatoms. The number of hydrogen-bond acceptors (Lipinski definition) is 3. The number of urea groups is 1. The monoisotopic (exact) mass is 348 g/mol. The fraction of sp³-hybridized carbons (Fsp3) is 0.789. The van der Waals surface area contributed by atoms with Crippen LogP contribution in [0.15, 0.2) is 12.3 Å². The fourth-order valence-corrected chi connectivity index (χ4v) is 4.16. The van der Waals surface area contributed by atoms with E-state index in [1.54, 1.807) is 6.20 Å². The number of anilines is 1. The lowest BCUT2D eigenvalue weighted by Crippen LogP contribution is -2.37. The number of ether oxygens (including phenoxy) is 1. The third-order valence-electron chi connectivity index (χ3n) is 6.24. The van der Waals surface area contributed by atoms with Crippen molar-refractivity contribution in [3.05, 3.63) is 12.3 Å².